The Hall–Kier alpha value is -2.99. The zero-order chi connectivity index (χ0) is 20.6. The molecule has 0 atom stereocenters. The van der Waals surface area contributed by atoms with E-state index in [1.54, 1.807) is 12.1 Å². The quantitative estimate of drug-likeness (QED) is 0.569. The van der Waals surface area contributed by atoms with Crippen molar-refractivity contribution in [3.8, 4) is 0 Å². The minimum atomic E-state index is -0.248. The smallest absolute Gasteiger partial charge is 0.274 e. The van der Waals surface area contributed by atoms with Crippen LogP contribution in [0.15, 0.2) is 59.4 Å². The summed E-state index contributed by atoms with van der Waals surface area (Å²) in [5.74, 6) is -0.248. The topological polar surface area (TPSA) is 67.2 Å². The highest BCUT2D eigenvalue weighted by atomic mass is 16.2. The first-order chi connectivity index (χ1) is 14.1. The van der Waals surface area contributed by atoms with Gasteiger partial charge in [-0.05, 0) is 37.7 Å². The van der Waals surface area contributed by atoms with Gasteiger partial charge in [0.1, 0.15) is 0 Å². The van der Waals surface area contributed by atoms with Crippen molar-refractivity contribution < 1.29 is 4.79 Å². The van der Waals surface area contributed by atoms with E-state index < -0.39 is 0 Å². The lowest BCUT2D eigenvalue weighted by Gasteiger charge is -2.17. The molecule has 0 unspecified atom stereocenters. The van der Waals surface area contributed by atoms with Gasteiger partial charge in [-0.2, -0.15) is 5.10 Å². The highest BCUT2D eigenvalue weighted by Gasteiger charge is 2.16. The van der Waals surface area contributed by atoms with Crippen LogP contribution in [0.1, 0.15) is 36.3 Å². The van der Waals surface area contributed by atoms with Crippen molar-refractivity contribution in [3.63, 3.8) is 0 Å². The summed E-state index contributed by atoms with van der Waals surface area (Å²) in [4.78, 5) is 28.0. The van der Waals surface area contributed by atoms with Gasteiger partial charge in [0.25, 0.3) is 11.5 Å². The van der Waals surface area contributed by atoms with E-state index in [1.807, 2.05) is 42.5 Å². The van der Waals surface area contributed by atoms with Crippen LogP contribution in [-0.2, 0) is 6.54 Å². The van der Waals surface area contributed by atoms with E-state index in [1.165, 1.54) is 4.68 Å². The molecule has 3 rings (SSSR count). The Kier molecular flexibility index (Phi) is 7.14. The number of carbonyl (C=O) groups excluding carboxylic acids is 1. The number of amides is 1. The Morgan fingerprint density at radius 3 is 2.34 bits per heavy atom. The number of carbonyl (C=O) groups is 1. The van der Waals surface area contributed by atoms with Gasteiger partial charge in [0.05, 0.1) is 11.9 Å². The van der Waals surface area contributed by atoms with Crippen molar-refractivity contribution in [2.24, 2.45) is 0 Å². The Morgan fingerprint density at radius 1 is 1.00 bits per heavy atom. The van der Waals surface area contributed by atoms with E-state index >= 15 is 0 Å². The molecule has 0 spiro atoms. The first kappa shape index (κ1) is 20.7. The van der Waals surface area contributed by atoms with Crippen LogP contribution in [-0.4, -0.2) is 46.8 Å². The molecule has 1 aromatic heterocycles. The summed E-state index contributed by atoms with van der Waals surface area (Å²) < 4.78 is 1.38. The van der Waals surface area contributed by atoms with E-state index in [0.717, 1.165) is 31.6 Å². The monoisotopic (exact) mass is 392 g/mol. The molecule has 3 aromatic rings. The molecule has 6 nitrogen and oxygen atoms in total. The average Bonchev–Trinajstić information content (AvgIpc) is 2.76. The van der Waals surface area contributed by atoms with Crippen LogP contribution in [0.4, 0.5) is 0 Å². The minimum Gasteiger partial charge on any atom is -0.351 e. The summed E-state index contributed by atoms with van der Waals surface area (Å²) in [6, 6.07) is 16.8. The zero-order valence-corrected chi connectivity index (χ0v) is 17.1. The predicted octanol–water partition coefficient (Wildman–Crippen LogP) is 2.91. The van der Waals surface area contributed by atoms with Crippen LogP contribution in [0.3, 0.4) is 0 Å². The molecule has 2 aromatic carbocycles. The predicted molar refractivity (Wildman–Crippen MR) is 116 cm³/mol. The molecule has 0 aliphatic rings. The molecule has 0 aliphatic heterocycles. The Labute approximate surface area is 171 Å². The summed E-state index contributed by atoms with van der Waals surface area (Å²) in [6.45, 7) is 8.11. The maximum absolute atomic E-state index is 12.9. The van der Waals surface area contributed by atoms with Gasteiger partial charge in [-0.15, -0.1) is 0 Å². The van der Waals surface area contributed by atoms with Crippen molar-refractivity contribution in [1.82, 2.24) is 20.0 Å². The summed E-state index contributed by atoms with van der Waals surface area (Å²) in [5, 5.41) is 8.48. The van der Waals surface area contributed by atoms with Crippen LogP contribution < -0.4 is 10.9 Å². The third-order valence-corrected chi connectivity index (χ3v) is 5.09. The molecule has 0 fully saturated rings. The molecule has 1 amide bonds. The van der Waals surface area contributed by atoms with E-state index in [-0.39, 0.29) is 11.5 Å². The summed E-state index contributed by atoms with van der Waals surface area (Å²) >= 11 is 0. The van der Waals surface area contributed by atoms with Gasteiger partial charge in [0, 0.05) is 11.9 Å². The molecule has 0 bridgehead atoms. The maximum Gasteiger partial charge on any atom is 0.274 e. The average molecular weight is 393 g/mol. The highest BCUT2D eigenvalue weighted by Crippen LogP contribution is 2.14. The third-order valence-electron chi connectivity index (χ3n) is 5.09. The first-order valence-corrected chi connectivity index (χ1v) is 10.2. The van der Waals surface area contributed by atoms with Gasteiger partial charge in [0.2, 0.25) is 0 Å². The normalized spacial score (nSPS) is 11.1. The largest absolute Gasteiger partial charge is 0.351 e. The van der Waals surface area contributed by atoms with E-state index in [2.05, 4.69) is 29.2 Å². The number of aromatic nitrogens is 2. The standard InChI is InChI=1S/C23H28N4O2/c1-3-26(4-2)16-10-15-24-22(28)21-19-13-8-9-14-20(19)23(29)27(25-21)17-18-11-6-5-7-12-18/h5-9,11-14H,3-4,10,15-17H2,1-2H3,(H,24,28). The summed E-state index contributed by atoms with van der Waals surface area (Å²) in [7, 11) is 0. The second-order valence-corrected chi connectivity index (χ2v) is 6.98. The molecule has 0 saturated carbocycles. The third kappa shape index (κ3) is 5.09. The molecule has 0 radical (unpaired) electrons. The van der Waals surface area contributed by atoms with Gasteiger partial charge >= 0.3 is 0 Å². The number of rotatable bonds is 9. The van der Waals surface area contributed by atoms with Gasteiger partial charge in [0.15, 0.2) is 5.69 Å². The second-order valence-electron chi connectivity index (χ2n) is 6.98. The van der Waals surface area contributed by atoms with Crippen molar-refractivity contribution >= 4 is 16.7 Å². The molecular formula is C23H28N4O2. The van der Waals surface area contributed by atoms with E-state index in [0.29, 0.717) is 29.6 Å². The van der Waals surface area contributed by atoms with Gasteiger partial charge in [-0.25, -0.2) is 4.68 Å². The fourth-order valence-corrected chi connectivity index (χ4v) is 3.39. The van der Waals surface area contributed by atoms with Crippen LogP contribution >= 0.6 is 0 Å². The minimum absolute atomic E-state index is 0.192. The molecule has 29 heavy (non-hydrogen) atoms. The molecule has 6 heteroatoms. The molecular weight excluding hydrogens is 364 g/mol. The number of nitrogens with one attached hydrogen (secondary N) is 1. The number of hydrogen-bond donors (Lipinski definition) is 1. The Balaban J connectivity index is 1.83. The second kappa shape index (κ2) is 9.98. The first-order valence-electron chi connectivity index (χ1n) is 10.2. The fraction of sp³-hybridized carbons (Fsp3) is 0.348. The molecule has 1 N–H and O–H groups in total. The molecule has 0 saturated heterocycles. The van der Waals surface area contributed by atoms with Crippen molar-refractivity contribution in [1.29, 1.82) is 0 Å². The van der Waals surface area contributed by atoms with Gasteiger partial charge in [-0.3, -0.25) is 9.59 Å². The van der Waals surface area contributed by atoms with E-state index in [4.69, 9.17) is 0 Å². The van der Waals surface area contributed by atoms with Gasteiger partial charge in [-0.1, -0.05) is 62.4 Å². The Bertz CT molecular complexity index is 1010. The van der Waals surface area contributed by atoms with Crippen molar-refractivity contribution in [2.45, 2.75) is 26.8 Å². The van der Waals surface area contributed by atoms with Crippen LogP contribution in [0.25, 0.3) is 10.8 Å². The SMILES string of the molecule is CCN(CC)CCCNC(=O)c1nn(Cc2ccccc2)c(=O)c2ccccc12. The lowest BCUT2D eigenvalue weighted by Crippen LogP contribution is -2.33. The van der Waals surface area contributed by atoms with Crippen LogP contribution in [0, 0.1) is 0 Å². The lowest BCUT2D eigenvalue weighted by molar-refractivity contribution is 0.0946. The summed E-state index contributed by atoms with van der Waals surface area (Å²) in [6.07, 6.45) is 0.870. The summed E-state index contributed by atoms with van der Waals surface area (Å²) in [5.41, 5.74) is 1.06. The van der Waals surface area contributed by atoms with Crippen LogP contribution in [0.2, 0.25) is 0 Å². The number of hydrogen-bond acceptors (Lipinski definition) is 4. The fourth-order valence-electron chi connectivity index (χ4n) is 3.39. The van der Waals surface area contributed by atoms with E-state index in [9.17, 15) is 9.59 Å². The highest BCUT2D eigenvalue weighted by molar-refractivity contribution is 6.04. The van der Waals surface area contributed by atoms with Gasteiger partial charge < -0.3 is 10.2 Å². The maximum atomic E-state index is 12.9. The number of benzene rings is 2. The van der Waals surface area contributed by atoms with Crippen molar-refractivity contribution in [2.75, 3.05) is 26.2 Å². The molecule has 1 heterocycles. The zero-order valence-electron chi connectivity index (χ0n) is 17.1. The molecule has 0 aliphatic carbocycles. The number of nitrogens with zero attached hydrogens (tertiary/aromatic N) is 3. The Morgan fingerprint density at radius 2 is 1.66 bits per heavy atom. The van der Waals surface area contributed by atoms with Crippen LogP contribution in [0.5, 0.6) is 0 Å². The molecule has 152 valence electrons. The number of fused-ring (bicyclic) bond motifs is 1. The van der Waals surface area contributed by atoms with Crippen molar-refractivity contribution in [3.05, 3.63) is 76.2 Å². The lowest BCUT2D eigenvalue weighted by atomic mass is 10.1.